The second-order valence-electron chi connectivity index (χ2n) is 8.01. The molecule has 3 aromatic rings. The zero-order valence-corrected chi connectivity index (χ0v) is 16.5. The summed E-state index contributed by atoms with van der Waals surface area (Å²) in [5, 5.41) is 1.10. The smallest absolute Gasteiger partial charge is 0.257 e. The molecule has 0 bridgehead atoms. The number of amides is 1. The van der Waals surface area contributed by atoms with E-state index in [1.165, 1.54) is 29.6 Å². The standard InChI is InChI=1S/C24H28N2O/c1-4-5-11-16-25-20-15-10-9-14-19(20)22-21(25)17-26(23(22)27)24(2,3)18-12-7-6-8-13-18/h6-10,12-15H,4-5,11,16-17H2,1-3H3. The Morgan fingerprint density at radius 1 is 0.963 bits per heavy atom. The third kappa shape index (κ3) is 2.86. The molecule has 0 saturated heterocycles. The number of carbonyl (C=O) groups is 1. The summed E-state index contributed by atoms with van der Waals surface area (Å²) in [6, 6.07) is 18.7. The van der Waals surface area contributed by atoms with E-state index in [1.807, 2.05) is 29.2 Å². The van der Waals surface area contributed by atoms with Gasteiger partial charge in [0.2, 0.25) is 0 Å². The Hall–Kier alpha value is -2.55. The van der Waals surface area contributed by atoms with Gasteiger partial charge < -0.3 is 9.47 Å². The monoisotopic (exact) mass is 360 g/mol. The van der Waals surface area contributed by atoms with Crippen molar-refractivity contribution in [2.45, 2.75) is 58.7 Å². The Kier molecular flexibility index (Phi) is 4.55. The lowest BCUT2D eigenvalue weighted by Crippen LogP contribution is -2.41. The average molecular weight is 361 g/mol. The van der Waals surface area contributed by atoms with E-state index < -0.39 is 0 Å². The summed E-state index contributed by atoms with van der Waals surface area (Å²) < 4.78 is 2.39. The van der Waals surface area contributed by atoms with Crippen molar-refractivity contribution in [1.82, 2.24) is 9.47 Å². The Balaban J connectivity index is 1.77. The second kappa shape index (κ2) is 6.88. The van der Waals surface area contributed by atoms with Crippen molar-refractivity contribution in [2.75, 3.05) is 0 Å². The number of rotatable bonds is 6. The van der Waals surface area contributed by atoms with Crippen LogP contribution in [0.15, 0.2) is 54.6 Å². The predicted molar refractivity (Wildman–Crippen MR) is 111 cm³/mol. The molecule has 2 aromatic carbocycles. The minimum Gasteiger partial charge on any atom is -0.342 e. The summed E-state index contributed by atoms with van der Waals surface area (Å²) >= 11 is 0. The average Bonchev–Trinajstić information content (AvgIpc) is 3.19. The lowest BCUT2D eigenvalue weighted by molar-refractivity contribution is 0.0565. The summed E-state index contributed by atoms with van der Waals surface area (Å²) in [7, 11) is 0. The van der Waals surface area contributed by atoms with E-state index in [1.54, 1.807) is 0 Å². The molecule has 27 heavy (non-hydrogen) atoms. The molecule has 0 unspecified atom stereocenters. The topological polar surface area (TPSA) is 25.2 Å². The van der Waals surface area contributed by atoms with E-state index in [4.69, 9.17) is 0 Å². The molecule has 0 fully saturated rings. The number of benzene rings is 2. The number of aromatic nitrogens is 1. The summed E-state index contributed by atoms with van der Waals surface area (Å²) in [6.07, 6.45) is 3.57. The van der Waals surface area contributed by atoms with Crippen LogP contribution >= 0.6 is 0 Å². The van der Waals surface area contributed by atoms with Gasteiger partial charge in [0, 0.05) is 17.4 Å². The fourth-order valence-corrected chi connectivity index (χ4v) is 4.34. The van der Waals surface area contributed by atoms with Crippen molar-refractivity contribution in [3.8, 4) is 0 Å². The molecular formula is C24H28N2O. The van der Waals surface area contributed by atoms with Crippen LogP contribution in [0.2, 0.25) is 0 Å². The number of nitrogens with zero attached hydrogens (tertiary/aromatic N) is 2. The van der Waals surface area contributed by atoms with E-state index in [0.29, 0.717) is 6.54 Å². The molecule has 2 heterocycles. The molecule has 1 aromatic heterocycles. The molecule has 140 valence electrons. The van der Waals surface area contributed by atoms with Crippen LogP contribution in [0.4, 0.5) is 0 Å². The van der Waals surface area contributed by atoms with Gasteiger partial charge in [0.15, 0.2) is 0 Å². The van der Waals surface area contributed by atoms with Gasteiger partial charge in [0.25, 0.3) is 5.91 Å². The van der Waals surface area contributed by atoms with Gasteiger partial charge in [0.05, 0.1) is 23.3 Å². The van der Waals surface area contributed by atoms with Crippen LogP contribution in [-0.2, 0) is 18.6 Å². The van der Waals surface area contributed by atoms with Crippen molar-refractivity contribution < 1.29 is 4.79 Å². The normalized spacial score (nSPS) is 14.2. The van der Waals surface area contributed by atoms with Gasteiger partial charge >= 0.3 is 0 Å². The Labute approximate surface area is 161 Å². The third-order valence-electron chi connectivity index (χ3n) is 5.99. The molecule has 3 heteroatoms. The first-order valence-corrected chi connectivity index (χ1v) is 10.0. The van der Waals surface area contributed by atoms with Crippen LogP contribution in [0.5, 0.6) is 0 Å². The van der Waals surface area contributed by atoms with E-state index in [2.05, 4.69) is 55.7 Å². The van der Waals surface area contributed by atoms with Gasteiger partial charge in [-0.15, -0.1) is 0 Å². The number of hydrogen-bond acceptors (Lipinski definition) is 1. The van der Waals surface area contributed by atoms with Crippen molar-refractivity contribution in [3.05, 3.63) is 71.4 Å². The van der Waals surface area contributed by atoms with Crippen LogP contribution < -0.4 is 0 Å². The first-order chi connectivity index (χ1) is 13.1. The van der Waals surface area contributed by atoms with Gasteiger partial charge in [-0.25, -0.2) is 0 Å². The highest BCUT2D eigenvalue weighted by atomic mass is 16.2. The fourth-order valence-electron chi connectivity index (χ4n) is 4.34. The molecule has 1 aliphatic rings. The van der Waals surface area contributed by atoms with Crippen molar-refractivity contribution in [2.24, 2.45) is 0 Å². The number of carbonyl (C=O) groups excluding carboxylic acids is 1. The molecule has 3 nitrogen and oxygen atoms in total. The van der Waals surface area contributed by atoms with Crippen LogP contribution in [-0.4, -0.2) is 15.4 Å². The van der Waals surface area contributed by atoms with Gasteiger partial charge in [-0.05, 0) is 31.9 Å². The van der Waals surface area contributed by atoms with Gasteiger partial charge in [-0.1, -0.05) is 68.3 Å². The highest BCUT2D eigenvalue weighted by molar-refractivity contribution is 6.10. The Morgan fingerprint density at radius 2 is 1.67 bits per heavy atom. The zero-order chi connectivity index (χ0) is 19.0. The van der Waals surface area contributed by atoms with Crippen LogP contribution in [0.3, 0.4) is 0 Å². The third-order valence-corrected chi connectivity index (χ3v) is 5.99. The maximum absolute atomic E-state index is 13.5. The van der Waals surface area contributed by atoms with Gasteiger partial charge in [-0.3, -0.25) is 4.79 Å². The fraction of sp³-hybridized carbons (Fsp3) is 0.375. The summed E-state index contributed by atoms with van der Waals surface area (Å²) in [5.41, 5.74) is 4.12. The second-order valence-corrected chi connectivity index (χ2v) is 8.01. The Morgan fingerprint density at radius 3 is 2.41 bits per heavy atom. The molecule has 0 N–H and O–H groups in total. The minimum absolute atomic E-state index is 0.157. The van der Waals surface area contributed by atoms with E-state index in [9.17, 15) is 4.79 Å². The van der Waals surface area contributed by atoms with Crippen molar-refractivity contribution in [3.63, 3.8) is 0 Å². The molecule has 1 aliphatic heterocycles. The van der Waals surface area contributed by atoms with Crippen molar-refractivity contribution >= 4 is 16.8 Å². The first kappa shape index (κ1) is 17.8. The predicted octanol–water partition coefficient (Wildman–Crippen LogP) is 5.72. The molecule has 0 aliphatic carbocycles. The largest absolute Gasteiger partial charge is 0.342 e. The molecule has 0 atom stereocenters. The van der Waals surface area contributed by atoms with E-state index in [0.717, 1.165) is 23.9 Å². The SMILES string of the molecule is CCCCCn1c2c(c3ccccc31)C(=O)N(C(C)(C)c1ccccc1)C2. The molecule has 0 spiro atoms. The van der Waals surface area contributed by atoms with Gasteiger partial charge in [-0.2, -0.15) is 0 Å². The number of unbranched alkanes of at least 4 members (excludes halogenated alkanes) is 2. The highest BCUT2D eigenvalue weighted by Crippen LogP contribution is 2.40. The van der Waals surface area contributed by atoms with Crippen molar-refractivity contribution in [1.29, 1.82) is 0 Å². The van der Waals surface area contributed by atoms with Crippen LogP contribution in [0.1, 0.15) is 61.6 Å². The lowest BCUT2D eigenvalue weighted by atomic mass is 9.92. The maximum Gasteiger partial charge on any atom is 0.257 e. The number of fused-ring (bicyclic) bond motifs is 3. The first-order valence-electron chi connectivity index (χ1n) is 10.0. The summed E-state index contributed by atoms with van der Waals surface area (Å²) in [5.74, 6) is 0.157. The summed E-state index contributed by atoms with van der Waals surface area (Å²) in [4.78, 5) is 15.5. The number of hydrogen-bond donors (Lipinski definition) is 0. The molecule has 0 radical (unpaired) electrons. The zero-order valence-electron chi connectivity index (χ0n) is 16.5. The molecule has 1 amide bonds. The summed E-state index contributed by atoms with van der Waals surface area (Å²) in [6.45, 7) is 8.19. The number of aryl methyl sites for hydroxylation is 1. The quantitative estimate of drug-likeness (QED) is 0.516. The molecular weight excluding hydrogens is 332 g/mol. The van der Waals surface area contributed by atoms with Crippen LogP contribution in [0, 0.1) is 0 Å². The molecule has 0 saturated carbocycles. The molecule has 4 rings (SSSR count). The van der Waals surface area contributed by atoms with E-state index >= 15 is 0 Å². The maximum atomic E-state index is 13.5. The highest BCUT2D eigenvalue weighted by Gasteiger charge is 2.41. The van der Waals surface area contributed by atoms with Crippen LogP contribution in [0.25, 0.3) is 10.9 Å². The lowest BCUT2D eigenvalue weighted by Gasteiger charge is -2.36. The minimum atomic E-state index is -0.341. The Bertz CT molecular complexity index is 969. The van der Waals surface area contributed by atoms with Gasteiger partial charge in [0.1, 0.15) is 0 Å². The number of para-hydroxylation sites is 1. The van der Waals surface area contributed by atoms with E-state index in [-0.39, 0.29) is 11.4 Å².